The normalized spacial score (nSPS) is 13.3. The Morgan fingerprint density at radius 3 is 2.20 bits per heavy atom. The number of hydrogen-bond donors (Lipinski definition) is 2. The molecule has 2 aromatic carbocycles. The smallest absolute Gasteiger partial charge is 0.381 e. The van der Waals surface area contributed by atoms with Crippen LogP contribution in [0.25, 0.3) is 0 Å². The van der Waals surface area contributed by atoms with Crippen molar-refractivity contribution in [3.05, 3.63) is 53.6 Å². The van der Waals surface area contributed by atoms with Gasteiger partial charge in [-0.2, -0.15) is 13.2 Å². The Hall–Kier alpha value is -2.84. The van der Waals surface area contributed by atoms with Gasteiger partial charge in [-0.25, -0.2) is 8.78 Å². The first kappa shape index (κ1) is 28.4. The molecule has 2 rings (SSSR count). The molecule has 0 aliphatic rings. The molecule has 194 valence electrons. The number of halogens is 5. The van der Waals surface area contributed by atoms with Crippen LogP contribution in [0.4, 0.5) is 39.0 Å². The average Bonchev–Trinajstić information content (AvgIpc) is 2.84. The third-order valence-corrected chi connectivity index (χ3v) is 5.79. The lowest BCUT2D eigenvalue weighted by atomic mass is 10.1. The zero-order valence-electron chi connectivity index (χ0n) is 20.4. The van der Waals surface area contributed by atoms with Crippen LogP contribution in [0.1, 0.15) is 57.6 Å². The Morgan fingerprint density at radius 2 is 1.63 bits per heavy atom. The molecule has 0 aromatic heterocycles. The SMILES string of the molecule is CCCCC[C@@H](F)[C@@H](F)C(=O)Nc1ccc(NCc2ccc(C(F)(F)F)cc2)cc1N(CC)CC. The Kier molecular flexibility index (Phi) is 10.8. The van der Waals surface area contributed by atoms with Crippen molar-refractivity contribution in [3.8, 4) is 0 Å². The number of rotatable bonds is 13. The maximum absolute atomic E-state index is 14.4. The summed E-state index contributed by atoms with van der Waals surface area (Å²) >= 11 is 0. The number of amides is 1. The molecule has 0 spiro atoms. The molecule has 9 heteroatoms. The van der Waals surface area contributed by atoms with Gasteiger partial charge >= 0.3 is 6.18 Å². The van der Waals surface area contributed by atoms with Crippen LogP contribution in [-0.2, 0) is 17.5 Å². The summed E-state index contributed by atoms with van der Waals surface area (Å²) in [7, 11) is 0. The lowest BCUT2D eigenvalue weighted by Crippen LogP contribution is -2.33. The van der Waals surface area contributed by atoms with Gasteiger partial charge in [-0.3, -0.25) is 4.79 Å². The number of hydrogen-bond acceptors (Lipinski definition) is 3. The number of nitrogens with zero attached hydrogens (tertiary/aromatic N) is 1. The van der Waals surface area contributed by atoms with Gasteiger partial charge in [0.2, 0.25) is 6.17 Å². The second-order valence-corrected chi connectivity index (χ2v) is 8.36. The highest BCUT2D eigenvalue weighted by Crippen LogP contribution is 2.31. The first-order valence-corrected chi connectivity index (χ1v) is 12.0. The molecule has 0 radical (unpaired) electrons. The molecule has 0 aliphatic heterocycles. The number of carbonyl (C=O) groups excluding carboxylic acids is 1. The van der Waals surface area contributed by atoms with Crippen LogP contribution in [-0.4, -0.2) is 31.3 Å². The van der Waals surface area contributed by atoms with Gasteiger partial charge in [0.1, 0.15) is 6.17 Å². The maximum atomic E-state index is 14.4. The van der Waals surface area contributed by atoms with E-state index in [9.17, 15) is 26.7 Å². The third kappa shape index (κ3) is 8.40. The zero-order valence-corrected chi connectivity index (χ0v) is 20.4. The maximum Gasteiger partial charge on any atom is 0.416 e. The lowest BCUT2D eigenvalue weighted by Gasteiger charge is -2.26. The van der Waals surface area contributed by atoms with Crippen molar-refractivity contribution in [1.82, 2.24) is 0 Å². The summed E-state index contributed by atoms with van der Waals surface area (Å²) in [4.78, 5) is 14.4. The van der Waals surface area contributed by atoms with Crippen LogP contribution < -0.4 is 15.5 Å². The fraction of sp³-hybridized carbons (Fsp3) is 0.500. The van der Waals surface area contributed by atoms with Crippen LogP contribution in [0.15, 0.2) is 42.5 Å². The van der Waals surface area contributed by atoms with Crippen molar-refractivity contribution >= 4 is 23.0 Å². The van der Waals surface area contributed by atoms with Crippen LogP contribution in [0.2, 0.25) is 0 Å². The summed E-state index contributed by atoms with van der Waals surface area (Å²) in [6.45, 7) is 7.34. The van der Waals surface area contributed by atoms with Crippen LogP contribution in [0.3, 0.4) is 0 Å². The van der Waals surface area contributed by atoms with E-state index in [1.165, 1.54) is 12.1 Å². The number of anilines is 3. The van der Waals surface area contributed by atoms with Crippen molar-refractivity contribution in [2.24, 2.45) is 0 Å². The van der Waals surface area contributed by atoms with Crippen molar-refractivity contribution < 1.29 is 26.7 Å². The van der Waals surface area contributed by atoms with Gasteiger partial charge in [0, 0.05) is 25.3 Å². The van der Waals surface area contributed by atoms with E-state index in [0.29, 0.717) is 42.1 Å². The molecule has 0 aliphatic carbocycles. The molecule has 0 saturated carbocycles. The molecule has 35 heavy (non-hydrogen) atoms. The first-order chi connectivity index (χ1) is 16.6. The molecule has 0 unspecified atom stereocenters. The number of nitrogens with one attached hydrogen (secondary N) is 2. The second-order valence-electron chi connectivity index (χ2n) is 8.36. The monoisotopic (exact) mass is 499 g/mol. The van der Waals surface area contributed by atoms with Gasteiger partial charge in [0.15, 0.2) is 0 Å². The minimum atomic E-state index is -4.39. The summed E-state index contributed by atoms with van der Waals surface area (Å²) in [6, 6.07) is 9.94. The Bertz CT molecular complexity index is 930. The standard InChI is InChI=1S/C26H34F5N3O/c1-4-7-8-9-21(27)24(28)25(35)33-22-15-14-20(16-23(22)34(5-2)6-3)32-17-18-10-12-19(13-11-18)26(29,30)31/h10-16,21,24,32H,4-9,17H2,1-3H3,(H,33,35)/t21-,24-/m1/s1. The Balaban J connectivity index is 2.13. The van der Waals surface area contributed by atoms with Crippen molar-refractivity contribution in [3.63, 3.8) is 0 Å². The van der Waals surface area contributed by atoms with Gasteiger partial charge in [-0.1, -0.05) is 38.3 Å². The van der Waals surface area contributed by atoms with E-state index in [-0.39, 0.29) is 13.0 Å². The minimum absolute atomic E-state index is 0.00185. The minimum Gasteiger partial charge on any atom is -0.381 e. The predicted molar refractivity (Wildman–Crippen MR) is 131 cm³/mol. The summed E-state index contributed by atoms with van der Waals surface area (Å²) in [5, 5.41) is 5.68. The topological polar surface area (TPSA) is 44.4 Å². The van der Waals surface area contributed by atoms with E-state index in [2.05, 4.69) is 10.6 Å². The number of alkyl halides is 5. The third-order valence-electron chi connectivity index (χ3n) is 5.79. The molecule has 0 saturated heterocycles. The fourth-order valence-corrected chi connectivity index (χ4v) is 3.69. The summed E-state index contributed by atoms with van der Waals surface area (Å²) in [5.74, 6) is -1.02. The highest BCUT2D eigenvalue weighted by molar-refractivity contribution is 5.98. The molecular formula is C26H34F5N3O. The lowest BCUT2D eigenvalue weighted by molar-refractivity contribution is -0.137. The number of carbonyl (C=O) groups is 1. The quantitative estimate of drug-likeness (QED) is 0.224. The predicted octanol–water partition coefficient (Wildman–Crippen LogP) is 7.36. The van der Waals surface area contributed by atoms with E-state index >= 15 is 0 Å². The van der Waals surface area contributed by atoms with Crippen LogP contribution >= 0.6 is 0 Å². The molecule has 0 heterocycles. The largest absolute Gasteiger partial charge is 0.416 e. The number of benzene rings is 2. The Labute approximate surface area is 203 Å². The molecule has 2 atom stereocenters. The first-order valence-electron chi connectivity index (χ1n) is 12.0. The second kappa shape index (κ2) is 13.3. The summed E-state index contributed by atoms with van der Waals surface area (Å²) in [6.07, 6.45) is -6.32. The summed E-state index contributed by atoms with van der Waals surface area (Å²) < 4.78 is 66.8. The molecule has 2 N–H and O–H groups in total. The van der Waals surface area contributed by atoms with Crippen molar-refractivity contribution in [2.75, 3.05) is 28.6 Å². The van der Waals surface area contributed by atoms with Gasteiger partial charge in [-0.05, 0) is 56.2 Å². The van der Waals surface area contributed by atoms with Gasteiger partial charge in [0.25, 0.3) is 5.91 Å². The Morgan fingerprint density at radius 1 is 0.971 bits per heavy atom. The highest BCUT2D eigenvalue weighted by Gasteiger charge is 2.30. The van der Waals surface area contributed by atoms with Crippen LogP contribution in [0.5, 0.6) is 0 Å². The van der Waals surface area contributed by atoms with E-state index in [4.69, 9.17) is 0 Å². The van der Waals surface area contributed by atoms with E-state index < -0.39 is 30.0 Å². The van der Waals surface area contributed by atoms with E-state index in [1.54, 1.807) is 18.2 Å². The molecule has 0 bridgehead atoms. The average molecular weight is 500 g/mol. The van der Waals surface area contributed by atoms with Gasteiger partial charge in [-0.15, -0.1) is 0 Å². The number of unbranched alkanes of at least 4 members (excludes halogenated alkanes) is 2. The van der Waals surface area contributed by atoms with Crippen molar-refractivity contribution in [2.45, 2.75) is 71.5 Å². The molecule has 0 fully saturated rings. The van der Waals surface area contributed by atoms with E-state index in [0.717, 1.165) is 25.0 Å². The molecule has 1 amide bonds. The molecule has 2 aromatic rings. The van der Waals surface area contributed by atoms with Gasteiger partial charge < -0.3 is 15.5 Å². The zero-order chi connectivity index (χ0) is 26.0. The molecule has 4 nitrogen and oxygen atoms in total. The molecular weight excluding hydrogens is 465 g/mol. The van der Waals surface area contributed by atoms with Gasteiger partial charge in [0.05, 0.1) is 16.9 Å². The summed E-state index contributed by atoms with van der Waals surface area (Å²) in [5.41, 5.74) is 1.62. The van der Waals surface area contributed by atoms with Crippen LogP contribution in [0, 0.1) is 0 Å². The fourth-order valence-electron chi connectivity index (χ4n) is 3.69. The van der Waals surface area contributed by atoms with E-state index in [1.807, 2.05) is 25.7 Å². The highest BCUT2D eigenvalue weighted by atomic mass is 19.4. The van der Waals surface area contributed by atoms with Crippen molar-refractivity contribution in [1.29, 1.82) is 0 Å².